The van der Waals surface area contributed by atoms with Crippen LogP contribution in [-0.4, -0.2) is 25.0 Å². The molecular formula is C17H16ClN3O3S. The number of nitrogens with zero attached hydrogens (tertiary/aromatic N) is 1. The zero-order valence-corrected chi connectivity index (χ0v) is 15.1. The second-order valence-electron chi connectivity index (χ2n) is 5.82. The molecule has 0 fully saturated rings. The van der Waals surface area contributed by atoms with E-state index in [4.69, 9.17) is 11.6 Å². The number of nitrogens with one attached hydrogen (secondary N) is 2. The molecule has 3 rings (SSSR count). The molecule has 0 aliphatic heterocycles. The number of aryl methyl sites for hydroxylation is 1. The minimum Gasteiger partial charge on any atom is -0.323 e. The molecule has 0 aliphatic carbocycles. The lowest BCUT2D eigenvalue weighted by molar-refractivity contribution is 0.102. The SMILES string of the molecule is Cc1ccc2cc(C(=O)Nc3cc(Cl)cc(NS(C)(=O)=O)c3)cn2c1. The van der Waals surface area contributed by atoms with Gasteiger partial charge in [-0.3, -0.25) is 9.52 Å². The first-order valence-electron chi connectivity index (χ1n) is 7.38. The maximum absolute atomic E-state index is 12.5. The van der Waals surface area contributed by atoms with Gasteiger partial charge < -0.3 is 9.72 Å². The summed E-state index contributed by atoms with van der Waals surface area (Å²) >= 11 is 6.00. The lowest BCUT2D eigenvalue weighted by atomic mass is 10.2. The summed E-state index contributed by atoms with van der Waals surface area (Å²) in [5.41, 5.74) is 3.16. The maximum atomic E-state index is 12.5. The van der Waals surface area contributed by atoms with Crippen molar-refractivity contribution >= 4 is 44.4 Å². The number of aromatic nitrogens is 1. The van der Waals surface area contributed by atoms with Crippen LogP contribution in [0.2, 0.25) is 5.02 Å². The molecule has 6 nitrogen and oxygen atoms in total. The highest BCUT2D eigenvalue weighted by Gasteiger charge is 2.11. The van der Waals surface area contributed by atoms with E-state index < -0.39 is 10.0 Å². The van der Waals surface area contributed by atoms with Crippen LogP contribution in [0.15, 0.2) is 48.8 Å². The Kier molecular flexibility index (Phi) is 4.45. The molecule has 25 heavy (non-hydrogen) atoms. The minimum absolute atomic E-state index is 0.281. The van der Waals surface area contributed by atoms with Crippen LogP contribution in [0.1, 0.15) is 15.9 Å². The van der Waals surface area contributed by atoms with Gasteiger partial charge in [-0.2, -0.15) is 0 Å². The van der Waals surface area contributed by atoms with E-state index in [1.54, 1.807) is 18.3 Å². The van der Waals surface area contributed by atoms with Crippen molar-refractivity contribution in [3.8, 4) is 0 Å². The van der Waals surface area contributed by atoms with Gasteiger partial charge in [0.05, 0.1) is 17.5 Å². The average Bonchev–Trinajstić information content (AvgIpc) is 2.87. The Balaban J connectivity index is 1.86. The highest BCUT2D eigenvalue weighted by atomic mass is 35.5. The Labute approximate surface area is 150 Å². The Morgan fingerprint density at radius 1 is 1.08 bits per heavy atom. The first kappa shape index (κ1) is 17.3. The van der Waals surface area contributed by atoms with Gasteiger partial charge in [0.2, 0.25) is 10.0 Å². The third-order valence-corrected chi connectivity index (χ3v) is 4.29. The smallest absolute Gasteiger partial charge is 0.257 e. The summed E-state index contributed by atoms with van der Waals surface area (Å²) in [5, 5.41) is 3.04. The summed E-state index contributed by atoms with van der Waals surface area (Å²) in [6.07, 6.45) is 4.71. The van der Waals surface area contributed by atoms with E-state index in [-0.39, 0.29) is 11.6 Å². The van der Waals surface area contributed by atoms with E-state index >= 15 is 0 Å². The van der Waals surface area contributed by atoms with E-state index in [1.165, 1.54) is 12.1 Å². The third kappa shape index (κ3) is 4.32. The first-order valence-corrected chi connectivity index (χ1v) is 9.65. The molecular weight excluding hydrogens is 362 g/mol. The van der Waals surface area contributed by atoms with Crippen LogP contribution in [0.3, 0.4) is 0 Å². The Morgan fingerprint density at radius 2 is 1.80 bits per heavy atom. The van der Waals surface area contributed by atoms with E-state index in [9.17, 15) is 13.2 Å². The molecule has 8 heteroatoms. The van der Waals surface area contributed by atoms with Crippen molar-refractivity contribution in [2.45, 2.75) is 6.92 Å². The van der Waals surface area contributed by atoms with E-state index in [2.05, 4.69) is 10.0 Å². The molecule has 3 aromatic rings. The second-order valence-corrected chi connectivity index (χ2v) is 8.01. The number of carbonyl (C=O) groups is 1. The number of halogens is 1. The van der Waals surface area contributed by atoms with Crippen LogP contribution in [0.5, 0.6) is 0 Å². The van der Waals surface area contributed by atoms with Crippen LogP contribution in [-0.2, 0) is 10.0 Å². The topological polar surface area (TPSA) is 79.7 Å². The molecule has 0 radical (unpaired) electrons. The maximum Gasteiger partial charge on any atom is 0.257 e. The van der Waals surface area contributed by atoms with Crippen molar-refractivity contribution in [1.29, 1.82) is 0 Å². The van der Waals surface area contributed by atoms with Gasteiger partial charge in [0.25, 0.3) is 5.91 Å². The summed E-state index contributed by atoms with van der Waals surface area (Å²) in [4.78, 5) is 12.5. The van der Waals surface area contributed by atoms with Gasteiger partial charge in [-0.25, -0.2) is 8.42 Å². The van der Waals surface area contributed by atoms with Gasteiger partial charge in [0.1, 0.15) is 0 Å². The van der Waals surface area contributed by atoms with Gasteiger partial charge in [-0.1, -0.05) is 17.7 Å². The molecule has 2 aromatic heterocycles. The quantitative estimate of drug-likeness (QED) is 0.730. The van der Waals surface area contributed by atoms with E-state index in [1.807, 2.05) is 29.7 Å². The Hall–Kier alpha value is -2.51. The predicted molar refractivity (Wildman–Crippen MR) is 100 cm³/mol. The zero-order valence-electron chi connectivity index (χ0n) is 13.6. The lowest BCUT2D eigenvalue weighted by Gasteiger charge is -2.09. The molecule has 0 unspecified atom stereocenters. The number of hydrogen-bond donors (Lipinski definition) is 2. The molecule has 1 amide bonds. The van der Waals surface area contributed by atoms with Crippen LogP contribution in [0.4, 0.5) is 11.4 Å². The number of anilines is 2. The average molecular weight is 378 g/mol. The molecule has 130 valence electrons. The van der Waals surface area contributed by atoms with Gasteiger partial charge >= 0.3 is 0 Å². The zero-order chi connectivity index (χ0) is 18.2. The fourth-order valence-electron chi connectivity index (χ4n) is 2.48. The highest BCUT2D eigenvalue weighted by Crippen LogP contribution is 2.24. The monoisotopic (exact) mass is 377 g/mol. The molecule has 2 heterocycles. The van der Waals surface area contributed by atoms with Crippen molar-refractivity contribution < 1.29 is 13.2 Å². The molecule has 0 aliphatic rings. The number of pyridine rings is 1. The van der Waals surface area contributed by atoms with Crippen LogP contribution in [0, 0.1) is 6.92 Å². The minimum atomic E-state index is -3.44. The summed E-state index contributed by atoms with van der Waals surface area (Å²) in [6.45, 7) is 1.97. The van der Waals surface area contributed by atoms with Crippen molar-refractivity contribution in [3.05, 3.63) is 64.9 Å². The molecule has 0 saturated heterocycles. The van der Waals surface area contributed by atoms with E-state index in [0.717, 1.165) is 17.3 Å². The Morgan fingerprint density at radius 3 is 2.52 bits per heavy atom. The molecule has 0 spiro atoms. The molecule has 0 saturated carbocycles. The second kappa shape index (κ2) is 6.42. The number of fused-ring (bicyclic) bond motifs is 1. The fraction of sp³-hybridized carbons (Fsp3) is 0.118. The van der Waals surface area contributed by atoms with Gasteiger partial charge in [0, 0.05) is 28.6 Å². The standard InChI is InChI=1S/C17H16ClN3O3S/c1-11-3-4-16-5-12(10-21(16)9-11)17(22)19-14-6-13(18)7-15(8-14)20-25(2,23)24/h3-10,20H,1-2H3,(H,19,22). The molecule has 1 aromatic carbocycles. The lowest BCUT2D eigenvalue weighted by Crippen LogP contribution is -2.13. The van der Waals surface area contributed by atoms with Gasteiger partial charge in [-0.15, -0.1) is 0 Å². The number of hydrogen-bond acceptors (Lipinski definition) is 3. The van der Waals surface area contributed by atoms with Crippen LogP contribution in [0.25, 0.3) is 5.52 Å². The third-order valence-electron chi connectivity index (χ3n) is 3.46. The van der Waals surface area contributed by atoms with Crippen molar-refractivity contribution in [2.75, 3.05) is 16.3 Å². The number of benzene rings is 1. The number of rotatable bonds is 4. The Bertz CT molecular complexity index is 1070. The number of amides is 1. The molecule has 0 atom stereocenters. The first-order chi connectivity index (χ1) is 11.7. The summed E-state index contributed by atoms with van der Waals surface area (Å²) in [5.74, 6) is -0.311. The van der Waals surface area contributed by atoms with Crippen molar-refractivity contribution in [1.82, 2.24) is 4.40 Å². The molecule has 0 bridgehead atoms. The fourth-order valence-corrected chi connectivity index (χ4v) is 3.26. The summed E-state index contributed by atoms with van der Waals surface area (Å²) in [6, 6.07) is 10.2. The van der Waals surface area contributed by atoms with E-state index in [0.29, 0.717) is 16.3 Å². The van der Waals surface area contributed by atoms with Gasteiger partial charge in [0.15, 0.2) is 0 Å². The highest BCUT2D eigenvalue weighted by molar-refractivity contribution is 7.92. The number of carbonyl (C=O) groups excluding carboxylic acids is 1. The largest absolute Gasteiger partial charge is 0.323 e. The summed E-state index contributed by atoms with van der Waals surface area (Å²) < 4.78 is 26.9. The number of sulfonamides is 1. The van der Waals surface area contributed by atoms with Crippen LogP contribution >= 0.6 is 11.6 Å². The van der Waals surface area contributed by atoms with Crippen molar-refractivity contribution in [3.63, 3.8) is 0 Å². The predicted octanol–water partition coefficient (Wildman–Crippen LogP) is 3.52. The normalized spacial score (nSPS) is 11.5. The van der Waals surface area contributed by atoms with Gasteiger partial charge in [-0.05, 0) is 42.8 Å². The summed E-state index contributed by atoms with van der Waals surface area (Å²) in [7, 11) is -3.44. The van der Waals surface area contributed by atoms with Crippen LogP contribution < -0.4 is 10.0 Å². The van der Waals surface area contributed by atoms with Crippen molar-refractivity contribution in [2.24, 2.45) is 0 Å². The molecule has 2 N–H and O–H groups in total.